The lowest BCUT2D eigenvalue weighted by molar-refractivity contribution is -0.117. The fraction of sp³-hybridized carbons (Fsp3) is 0.333. The lowest BCUT2D eigenvalue weighted by Crippen LogP contribution is -2.37. The summed E-state index contributed by atoms with van der Waals surface area (Å²) in [5.74, 6) is -0.613. The van der Waals surface area contributed by atoms with Crippen molar-refractivity contribution in [2.45, 2.75) is 12.5 Å². The normalized spacial score (nSPS) is 18.0. The Bertz CT molecular complexity index is 560. The van der Waals surface area contributed by atoms with Gasteiger partial charge in [-0.15, -0.1) is 0 Å². The third-order valence-corrected chi connectivity index (χ3v) is 3.24. The molecule has 1 heterocycles. The summed E-state index contributed by atoms with van der Waals surface area (Å²) in [4.78, 5) is 24.6. The molecular formula is C15H17FN2O3. The van der Waals surface area contributed by atoms with Crippen molar-refractivity contribution in [3.63, 3.8) is 0 Å². The Balaban J connectivity index is 1.84. The highest BCUT2D eigenvalue weighted by Gasteiger charge is 2.27. The van der Waals surface area contributed by atoms with Gasteiger partial charge in [0.1, 0.15) is 5.82 Å². The fourth-order valence-corrected chi connectivity index (χ4v) is 2.20. The minimum absolute atomic E-state index is 0.0891. The average molecular weight is 292 g/mol. The number of likely N-dealkylation sites (tertiary alicyclic amines) is 1. The van der Waals surface area contributed by atoms with Gasteiger partial charge in [0, 0.05) is 25.2 Å². The minimum atomic E-state index is -0.387. The third kappa shape index (κ3) is 4.30. The van der Waals surface area contributed by atoms with E-state index < -0.39 is 0 Å². The molecule has 1 aromatic rings. The Hall–Kier alpha value is -2.37. The monoisotopic (exact) mass is 292 g/mol. The molecule has 1 atom stereocenters. The zero-order valence-corrected chi connectivity index (χ0v) is 11.7. The van der Waals surface area contributed by atoms with E-state index in [1.165, 1.54) is 25.3 Å². The highest BCUT2D eigenvalue weighted by atomic mass is 19.1. The number of ether oxygens (including phenoxy) is 1. The van der Waals surface area contributed by atoms with Crippen LogP contribution in [0.1, 0.15) is 12.0 Å². The smallest absolute Gasteiger partial charge is 0.409 e. The van der Waals surface area contributed by atoms with Crippen LogP contribution in [0.2, 0.25) is 0 Å². The number of carbonyl (C=O) groups excluding carboxylic acids is 2. The van der Waals surface area contributed by atoms with Crippen LogP contribution in [0, 0.1) is 5.82 Å². The van der Waals surface area contributed by atoms with Gasteiger partial charge in [0.05, 0.1) is 7.11 Å². The Morgan fingerprint density at radius 3 is 3.00 bits per heavy atom. The first-order valence-electron chi connectivity index (χ1n) is 6.65. The molecule has 0 aliphatic carbocycles. The van der Waals surface area contributed by atoms with Crippen molar-refractivity contribution in [1.82, 2.24) is 10.2 Å². The molecule has 1 unspecified atom stereocenters. The summed E-state index contributed by atoms with van der Waals surface area (Å²) < 4.78 is 17.6. The zero-order chi connectivity index (χ0) is 15.2. The van der Waals surface area contributed by atoms with Crippen LogP contribution in [-0.4, -0.2) is 43.1 Å². The van der Waals surface area contributed by atoms with Crippen molar-refractivity contribution in [3.8, 4) is 0 Å². The number of nitrogens with one attached hydrogen (secondary N) is 1. The van der Waals surface area contributed by atoms with E-state index >= 15 is 0 Å². The average Bonchev–Trinajstić information content (AvgIpc) is 2.93. The number of hydrogen-bond acceptors (Lipinski definition) is 3. The second-order valence-electron chi connectivity index (χ2n) is 4.80. The van der Waals surface area contributed by atoms with Gasteiger partial charge in [-0.05, 0) is 30.2 Å². The van der Waals surface area contributed by atoms with E-state index in [9.17, 15) is 14.0 Å². The standard InChI is InChI=1S/C15H17FN2O3/c1-21-15(20)18-8-7-13(10-18)17-14(19)6-5-11-3-2-4-12(16)9-11/h2-6,9,13H,7-8,10H2,1H3,(H,17,19). The maximum atomic E-state index is 13.0. The van der Waals surface area contributed by atoms with E-state index in [1.54, 1.807) is 23.1 Å². The molecule has 2 rings (SSSR count). The van der Waals surface area contributed by atoms with Crippen molar-refractivity contribution in [1.29, 1.82) is 0 Å². The highest BCUT2D eigenvalue weighted by molar-refractivity contribution is 5.92. The molecular weight excluding hydrogens is 275 g/mol. The predicted octanol–water partition coefficient (Wildman–Crippen LogP) is 1.80. The number of benzene rings is 1. The second-order valence-corrected chi connectivity index (χ2v) is 4.80. The van der Waals surface area contributed by atoms with E-state index in [0.717, 1.165) is 0 Å². The molecule has 21 heavy (non-hydrogen) atoms. The summed E-state index contributed by atoms with van der Waals surface area (Å²) >= 11 is 0. The zero-order valence-electron chi connectivity index (χ0n) is 11.7. The van der Waals surface area contributed by atoms with Gasteiger partial charge in [-0.25, -0.2) is 9.18 Å². The molecule has 1 fully saturated rings. The highest BCUT2D eigenvalue weighted by Crippen LogP contribution is 2.10. The van der Waals surface area contributed by atoms with Gasteiger partial charge >= 0.3 is 6.09 Å². The van der Waals surface area contributed by atoms with Gasteiger partial charge in [0.25, 0.3) is 0 Å². The summed E-state index contributed by atoms with van der Waals surface area (Å²) in [6.45, 7) is 0.997. The number of hydrogen-bond donors (Lipinski definition) is 1. The Kier molecular flexibility index (Phi) is 4.92. The first-order chi connectivity index (χ1) is 10.1. The summed E-state index contributed by atoms with van der Waals surface area (Å²) in [7, 11) is 1.33. The van der Waals surface area contributed by atoms with Gasteiger partial charge in [0.2, 0.25) is 5.91 Å². The molecule has 0 spiro atoms. The first kappa shape index (κ1) is 15.0. The summed E-state index contributed by atoms with van der Waals surface area (Å²) in [6, 6.07) is 5.89. The molecule has 1 aliphatic heterocycles. The van der Waals surface area contributed by atoms with Crippen LogP contribution in [0.4, 0.5) is 9.18 Å². The van der Waals surface area contributed by atoms with Crippen LogP contribution in [0.25, 0.3) is 6.08 Å². The van der Waals surface area contributed by atoms with Gasteiger partial charge < -0.3 is 15.0 Å². The van der Waals surface area contributed by atoms with Crippen LogP contribution < -0.4 is 5.32 Å². The fourth-order valence-electron chi connectivity index (χ4n) is 2.20. The lowest BCUT2D eigenvalue weighted by Gasteiger charge is -2.14. The molecule has 0 aromatic heterocycles. The van der Waals surface area contributed by atoms with E-state index in [4.69, 9.17) is 0 Å². The van der Waals surface area contributed by atoms with Crippen LogP contribution in [0.5, 0.6) is 0 Å². The largest absolute Gasteiger partial charge is 0.453 e. The predicted molar refractivity (Wildman–Crippen MR) is 76.0 cm³/mol. The number of halogens is 1. The van der Waals surface area contributed by atoms with Crippen molar-refractivity contribution < 1.29 is 18.7 Å². The lowest BCUT2D eigenvalue weighted by atomic mass is 10.2. The van der Waals surface area contributed by atoms with Crippen molar-refractivity contribution >= 4 is 18.1 Å². The molecule has 1 aliphatic rings. The van der Waals surface area contributed by atoms with Gasteiger partial charge in [-0.2, -0.15) is 0 Å². The van der Waals surface area contributed by atoms with Gasteiger partial charge in [0.15, 0.2) is 0 Å². The van der Waals surface area contributed by atoms with E-state index in [2.05, 4.69) is 10.1 Å². The van der Waals surface area contributed by atoms with E-state index in [0.29, 0.717) is 25.1 Å². The van der Waals surface area contributed by atoms with E-state index in [1.807, 2.05) is 0 Å². The minimum Gasteiger partial charge on any atom is -0.453 e. The molecule has 0 radical (unpaired) electrons. The molecule has 0 saturated carbocycles. The van der Waals surface area contributed by atoms with Crippen molar-refractivity contribution in [2.24, 2.45) is 0 Å². The molecule has 6 heteroatoms. The Morgan fingerprint density at radius 2 is 2.29 bits per heavy atom. The van der Waals surface area contributed by atoms with Crippen LogP contribution in [0.3, 0.4) is 0 Å². The Morgan fingerprint density at radius 1 is 1.48 bits per heavy atom. The first-order valence-corrected chi connectivity index (χ1v) is 6.65. The molecule has 5 nitrogen and oxygen atoms in total. The van der Waals surface area contributed by atoms with Gasteiger partial charge in [-0.1, -0.05) is 12.1 Å². The summed E-state index contributed by atoms with van der Waals surface area (Å²) in [5.41, 5.74) is 0.618. The molecule has 2 amide bonds. The number of nitrogens with zero attached hydrogens (tertiary/aromatic N) is 1. The molecule has 1 saturated heterocycles. The molecule has 112 valence electrons. The van der Waals surface area contributed by atoms with Crippen molar-refractivity contribution in [2.75, 3.05) is 20.2 Å². The third-order valence-electron chi connectivity index (χ3n) is 3.24. The topological polar surface area (TPSA) is 58.6 Å². The molecule has 1 aromatic carbocycles. The maximum Gasteiger partial charge on any atom is 0.409 e. The quantitative estimate of drug-likeness (QED) is 0.864. The number of amides is 2. The SMILES string of the molecule is COC(=O)N1CCC(NC(=O)C=Cc2cccc(F)c2)C1. The number of carbonyl (C=O) groups is 2. The number of methoxy groups -OCH3 is 1. The van der Waals surface area contributed by atoms with Crippen molar-refractivity contribution in [3.05, 3.63) is 41.7 Å². The Labute approximate surface area is 122 Å². The second kappa shape index (κ2) is 6.88. The summed E-state index contributed by atoms with van der Waals surface area (Å²) in [5, 5.41) is 2.80. The van der Waals surface area contributed by atoms with Crippen LogP contribution >= 0.6 is 0 Å². The number of rotatable bonds is 3. The van der Waals surface area contributed by atoms with Gasteiger partial charge in [-0.3, -0.25) is 4.79 Å². The molecule has 0 bridgehead atoms. The van der Waals surface area contributed by atoms with Crippen LogP contribution in [-0.2, 0) is 9.53 Å². The van der Waals surface area contributed by atoms with E-state index in [-0.39, 0.29) is 23.9 Å². The summed E-state index contributed by atoms with van der Waals surface area (Å²) in [6.07, 6.45) is 3.21. The maximum absolute atomic E-state index is 13.0. The van der Waals surface area contributed by atoms with Crippen LogP contribution in [0.15, 0.2) is 30.3 Å². The molecule has 1 N–H and O–H groups in total.